The van der Waals surface area contributed by atoms with Gasteiger partial charge in [-0.1, -0.05) is 48.5 Å². The lowest BCUT2D eigenvalue weighted by Gasteiger charge is -2.41. The van der Waals surface area contributed by atoms with Gasteiger partial charge in [-0.15, -0.1) is 0 Å². The van der Waals surface area contributed by atoms with E-state index in [9.17, 15) is 9.59 Å². The maximum absolute atomic E-state index is 13.0. The standard InChI is InChI=1S/C25H30N2O2/c1-18-7-3-5-9-21(18)22-10-6-4-8-20(22)17-25(24(29)26-2)13-15-27(16-14-25)23(28)19-11-12-19/h3-10,19H,11-17H2,1-2H3,(H,26,29). The van der Waals surface area contributed by atoms with Crippen LogP contribution >= 0.6 is 0 Å². The summed E-state index contributed by atoms with van der Waals surface area (Å²) in [5.41, 5.74) is 4.39. The lowest BCUT2D eigenvalue weighted by Crippen LogP contribution is -2.51. The summed E-state index contributed by atoms with van der Waals surface area (Å²) < 4.78 is 0. The van der Waals surface area contributed by atoms with Crippen LogP contribution in [0, 0.1) is 18.3 Å². The van der Waals surface area contributed by atoms with E-state index in [4.69, 9.17) is 0 Å². The van der Waals surface area contributed by atoms with Crippen LogP contribution in [0.4, 0.5) is 0 Å². The first-order chi connectivity index (χ1) is 14.0. The van der Waals surface area contributed by atoms with E-state index in [1.54, 1.807) is 7.05 Å². The van der Waals surface area contributed by atoms with Gasteiger partial charge in [0.25, 0.3) is 0 Å². The molecule has 1 heterocycles. The number of amides is 2. The van der Waals surface area contributed by atoms with Crippen LogP contribution in [-0.4, -0.2) is 36.9 Å². The summed E-state index contributed by atoms with van der Waals surface area (Å²) in [5, 5.41) is 2.90. The highest BCUT2D eigenvalue weighted by Crippen LogP contribution is 2.40. The number of benzene rings is 2. The molecule has 1 saturated heterocycles. The molecule has 4 nitrogen and oxygen atoms in total. The van der Waals surface area contributed by atoms with Crippen LogP contribution in [0.15, 0.2) is 48.5 Å². The fourth-order valence-corrected chi connectivity index (χ4v) is 4.67. The zero-order valence-corrected chi connectivity index (χ0v) is 17.4. The second-order valence-electron chi connectivity index (χ2n) is 8.61. The Labute approximate surface area is 173 Å². The van der Waals surface area contributed by atoms with Crippen molar-refractivity contribution in [2.24, 2.45) is 11.3 Å². The summed E-state index contributed by atoms with van der Waals surface area (Å²) in [6.07, 6.45) is 4.18. The molecule has 1 saturated carbocycles. The maximum atomic E-state index is 13.0. The third-order valence-electron chi connectivity index (χ3n) is 6.65. The zero-order valence-electron chi connectivity index (χ0n) is 17.4. The number of nitrogens with zero attached hydrogens (tertiary/aromatic N) is 1. The SMILES string of the molecule is CNC(=O)C1(Cc2ccccc2-c2ccccc2C)CCN(C(=O)C2CC2)CC1. The van der Waals surface area contributed by atoms with Crippen molar-refractivity contribution in [3.05, 3.63) is 59.7 Å². The van der Waals surface area contributed by atoms with Gasteiger partial charge in [-0.25, -0.2) is 0 Å². The van der Waals surface area contributed by atoms with Crippen molar-refractivity contribution >= 4 is 11.8 Å². The summed E-state index contributed by atoms with van der Waals surface area (Å²) in [5.74, 6) is 0.621. The first kappa shape index (κ1) is 19.7. The Balaban J connectivity index is 1.61. The number of likely N-dealkylation sites (tertiary alicyclic amines) is 1. The van der Waals surface area contributed by atoms with Gasteiger partial charge in [0.05, 0.1) is 5.41 Å². The lowest BCUT2D eigenvalue weighted by molar-refractivity contribution is -0.141. The Morgan fingerprint density at radius 1 is 1.00 bits per heavy atom. The highest BCUT2D eigenvalue weighted by atomic mass is 16.2. The molecule has 1 N–H and O–H groups in total. The predicted octanol–water partition coefficient (Wildman–Crippen LogP) is 3.97. The van der Waals surface area contributed by atoms with E-state index in [1.807, 2.05) is 4.90 Å². The molecule has 2 fully saturated rings. The van der Waals surface area contributed by atoms with Gasteiger partial charge >= 0.3 is 0 Å². The lowest BCUT2D eigenvalue weighted by atomic mass is 9.72. The van der Waals surface area contributed by atoms with E-state index < -0.39 is 5.41 Å². The molecule has 0 atom stereocenters. The van der Waals surface area contributed by atoms with Gasteiger partial charge in [0.15, 0.2) is 0 Å². The van der Waals surface area contributed by atoms with Crippen LogP contribution in [0.1, 0.15) is 36.8 Å². The molecule has 2 aromatic carbocycles. The summed E-state index contributed by atoms with van der Waals surface area (Å²) in [4.78, 5) is 27.5. The third-order valence-corrected chi connectivity index (χ3v) is 6.65. The number of hydrogen-bond donors (Lipinski definition) is 1. The highest BCUT2D eigenvalue weighted by molar-refractivity contribution is 5.85. The van der Waals surface area contributed by atoms with E-state index in [1.165, 1.54) is 22.3 Å². The molecule has 2 aromatic rings. The monoisotopic (exact) mass is 390 g/mol. The second-order valence-corrected chi connectivity index (χ2v) is 8.61. The van der Waals surface area contributed by atoms with Crippen molar-refractivity contribution in [3.63, 3.8) is 0 Å². The summed E-state index contributed by atoms with van der Waals surface area (Å²) in [6.45, 7) is 3.48. The van der Waals surface area contributed by atoms with Crippen molar-refractivity contribution < 1.29 is 9.59 Å². The Morgan fingerprint density at radius 3 is 2.24 bits per heavy atom. The minimum atomic E-state index is -0.464. The molecular formula is C25H30N2O2. The predicted molar refractivity (Wildman–Crippen MR) is 115 cm³/mol. The Bertz CT molecular complexity index is 909. The Morgan fingerprint density at radius 2 is 1.62 bits per heavy atom. The average molecular weight is 391 g/mol. The van der Waals surface area contributed by atoms with Crippen LogP contribution in [0.5, 0.6) is 0 Å². The van der Waals surface area contributed by atoms with Crippen LogP contribution in [0.25, 0.3) is 11.1 Å². The molecule has 4 heteroatoms. The van der Waals surface area contributed by atoms with Gasteiger partial charge in [0.2, 0.25) is 11.8 Å². The molecule has 0 spiro atoms. The minimum Gasteiger partial charge on any atom is -0.359 e. The van der Waals surface area contributed by atoms with E-state index in [-0.39, 0.29) is 17.7 Å². The number of rotatable bonds is 5. The molecule has 1 aliphatic heterocycles. The largest absolute Gasteiger partial charge is 0.359 e. The fourth-order valence-electron chi connectivity index (χ4n) is 4.67. The first-order valence-electron chi connectivity index (χ1n) is 10.7. The van der Waals surface area contributed by atoms with Crippen LogP contribution < -0.4 is 5.32 Å². The number of carbonyl (C=O) groups is 2. The fraction of sp³-hybridized carbons (Fsp3) is 0.440. The number of hydrogen-bond acceptors (Lipinski definition) is 2. The van der Waals surface area contributed by atoms with E-state index in [0.29, 0.717) is 32.4 Å². The van der Waals surface area contributed by atoms with Crippen molar-refractivity contribution in [2.75, 3.05) is 20.1 Å². The molecule has 1 aliphatic carbocycles. The van der Waals surface area contributed by atoms with Gasteiger partial charge in [-0.3, -0.25) is 9.59 Å². The van der Waals surface area contributed by atoms with Crippen LogP contribution in [0.2, 0.25) is 0 Å². The number of piperidine rings is 1. The Kier molecular flexibility index (Phi) is 5.44. The van der Waals surface area contributed by atoms with Crippen molar-refractivity contribution in [1.82, 2.24) is 10.2 Å². The van der Waals surface area contributed by atoms with Gasteiger partial charge in [-0.2, -0.15) is 0 Å². The number of nitrogens with one attached hydrogen (secondary N) is 1. The minimum absolute atomic E-state index is 0.0932. The summed E-state index contributed by atoms with van der Waals surface area (Å²) >= 11 is 0. The van der Waals surface area contributed by atoms with Crippen LogP contribution in [-0.2, 0) is 16.0 Å². The molecule has 0 bridgehead atoms. The van der Waals surface area contributed by atoms with Crippen molar-refractivity contribution in [1.29, 1.82) is 0 Å². The average Bonchev–Trinajstić information content (AvgIpc) is 3.59. The molecular weight excluding hydrogens is 360 g/mol. The van der Waals surface area contributed by atoms with Gasteiger partial charge in [0.1, 0.15) is 0 Å². The highest BCUT2D eigenvalue weighted by Gasteiger charge is 2.44. The topological polar surface area (TPSA) is 49.4 Å². The van der Waals surface area contributed by atoms with Gasteiger partial charge in [-0.05, 0) is 61.3 Å². The second kappa shape index (κ2) is 8.02. The molecule has 2 amide bonds. The molecule has 2 aliphatic rings. The third kappa shape index (κ3) is 3.93. The van der Waals surface area contributed by atoms with Crippen molar-refractivity contribution in [2.45, 2.75) is 39.0 Å². The molecule has 152 valence electrons. The molecule has 4 rings (SSSR count). The van der Waals surface area contributed by atoms with Gasteiger partial charge in [0, 0.05) is 26.1 Å². The quantitative estimate of drug-likeness (QED) is 0.840. The zero-order chi connectivity index (χ0) is 20.4. The smallest absolute Gasteiger partial charge is 0.226 e. The Hall–Kier alpha value is -2.62. The number of carbonyl (C=O) groups excluding carboxylic acids is 2. The first-order valence-corrected chi connectivity index (χ1v) is 10.7. The van der Waals surface area contributed by atoms with Crippen LogP contribution in [0.3, 0.4) is 0 Å². The van der Waals surface area contributed by atoms with E-state index >= 15 is 0 Å². The molecule has 0 aromatic heterocycles. The molecule has 29 heavy (non-hydrogen) atoms. The summed E-state index contributed by atoms with van der Waals surface area (Å²) in [7, 11) is 1.72. The van der Waals surface area contributed by atoms with E-state index in [2.05, 4.69) is 60.8 Å². The molecule has 0 radical (unpaired) electrons. The normalized spacial score (nSPS) is 18.3. The van der Waals surface area contributed by atoms with Gasteiger partial charge < -0.3 is 10.2 Å². The summed E-state index contributed by atoms with van der Waals surface area (Å²) in [6, 6.07) is 16.8. The maximum Gasteiger partial charge on any atom is 0.226 e. The van der Waals surface area contributed by atoms with Crippen molar-refractivity contribution in [3.8, 4) is 11.1 Å². The number of aryl methyl sites for hydroxylation is 1. The molecule has 0 unspecified atom stereocenters. The van der Waals surface area contributed by atoms with E-state index in [0.717, 1.165) is 12.8 Å².